The Morgan fingerprint density at radius 2 is 0.611 bits per heavy atom. The van der Waals surface area contributed by atoms with E-state index in [9.17, 15) is 10.2 Å². The van der Waals surface area contributed by atoms with Crippen molar-refractivity contribution < 1.29 is 19.7 Å². The summed E-state index contributed by atoms with van der Waals surface area (Å²) in [5.74, 6) is 0. The van der Waals surface area contributed by atoms with E-state index in [-0.39, 0.29) is 33.9 Å². The summed E-state index contributed by atoms with van der Waals surface area (Å²) in [5.41, 5.74) is 5.52. The summed E-state index contributed by atoms with van der Waals surface area (Å²) in [6.07, 6.45) is -0.600. The predicted octanol–water partition coefficient (Wildman–Crippen LogP) is 14.6. The van der Waals surface area contributed by atoms with Crippen LogP contribution in [0.25, 0.3) is 0 Å². The van der Waals surface area contributed by atoms with Gasteiger partial charge in [0, 0.05) is 29.3 Å². The highest BCUT2D eigenvalue weighted by Gasteiger charge is 2.27. The number of aryl methyl sites for hydroxylation is 1. The van der Waals surface area contributed by atoms with E-state index >= 15 is 0 Å². The van der Waals surface area contributed by atoms with E-state index in [2.05, 4.69) is 72.7 Å². The summed E-state index contributed by atoms with van der Waals surface area (Å²) < 4.78 is 11.0. The predicted molar refractivity (Wildman–Crippen MR) is 233 cm³/mol. The molecule has 54 heavy (non-hydrogen) atoms. The van der Waals surface area contributed by atoms with E-state index in [1.807, 2.05) is 90.1 Å². The van der Waals surface area contributed by atoms with Crippen LogP contribution in [0.3, 0.4) is 0 Å². The SMILES string of the molecule is CC(C)(C)[C@@H](O)c1ccc(Cl)cc1.CC(C)(C)[C@H](O)c1ccc(Cl)cc1.CO[C@@H](c1ccc(C)cc1)C(C)(C)C.CO[C@H](c1ccc(Cl)cc1)C(C)(C)C. The molecule has 0 aliphatic carbocycles. The number of halogens is 3. The normalized spacial score (nSPS) is 14.1. The van der Waals surface area contributed by atoms with Gasteiger partial charge in [-0.05, 0) is 87.2 Å². The average molecular weight is 802 g/mol. The summed E-state index contributed by atoms with van der Waals surface area (Å²) in [6, 6.07) is 31.0. The summed E-state index contributed by atoms with van der Waals surface area (Å²) in [4.78, 5) is 0. The molecular weight excluding hydrogens is 735 g/mol. The maximum atomic E-state index is 9.90. The highest BCUT2D eigenvalue weighted by Crippen LogP contribution is 2.37. The maximum absolute atomic E-state index is 9.90. The molecule has 2 N–H and O–H groups in total. The zero-order valence-corrected chi connectivity index (χ0v) is 37.7. The summed E-state index contributed by atoms with van der Waals surface area (Å²) in [7, 11) is 3.51. The van der Waals surface area contributed by atoms with Crippen molar-refractivity contribution in [2.45, 2.75) is 114 Å². The van der Waals surface area contributed by atoms with Crippen LogP contribution >= 0.6 is 34.8 Å². The van der Waals surface area contributed by atoms with Gasteiger partial charge in [-0.25, -0.2) is 0 Å². The lowest BCUT2D eigenvalue weighted by atomic mass is 9.84. The largest absolute Gasteiger partial charge is 0.388 e. The molecule has 0 amide bonds. The van der Waals surface area contributed by atoms with E-state index in [0.717, 1.165) is 16.1 Å². The fourth-order valence-electron chi connectivity index (χ4n) is 5.65. The molecule has 4 rings (SSSR count). The van der Waals surface area contributed by atoms with Crippen molar-refractivity contribution in [3.05, 3.63) is 140 Å². The van der Waals surface area contributed by atoms with Crippen LogP contribution in [0.2, 0.25) is 15.1 Å². The summed E-state index contributed by atoms with van der Waals surface area (Å²) >= 11 is 17.3. The Morgan fingerprint density at radius 3 is 0.815 bits per heavy atom. The van der Waals surface area contributed by atoms with Crippen LogP contribution in [-0.2, 0) is 9.47 Å². The van der Waals surface area contributed by atoms with Crippen LogP contribution in [0.15, 0.2) is 97.1 Å². The smallest absolute Gasteiger partial charge is 0.0869 e. The van der Waals surface area contributed by atoms with Crippen molar-refractivity contribution in [2.75, 3.05) is 14.2 Å². The third-order valence-electron chi connectivity index (χ3n) is 8.61. The second-order valence-electron chi connectivity index (χ2n) is 18.1. The molecular formula is C47H67Cl3O4. The summed E-state index contributed by atoms with van der Waals surface area (Å²) in [5, 5.41) is 22.0. The molecule has 0 saturated heterocycles. The van der Waals surface area contributed by atoms with Gasteiger partial charge in [0.25, 0.3) is 0 Å². The maximum Gasteiger partial charge on any atom is 0.0869 e. The first-order chi connectivity index (χ1) is 24.7. The van der Waals surface area contributed by atoms with Crippen molar-refractivity contribution in [1.29, 1.82) is 0 Å². The van der Waals surface area contributed by atoms with E-state index in [1.165, 1.54) is 16.7 Å². The topological polar surface area (TPSA) is 58.9 Å². The van der Waals surface area contributed by atoms with Crippen molar-refractivity contribution in [3.8, 4) is 0 Å². The monoisotopic (exact) mass is 800 g/mol. The molecule has 0 saturated carbocycles. The number of hydrogen-bond acceptors (Lipinski definition) is 4. The Bertz CT molecular complexity index is 1480. The Hall–Kier alpha value is -2.41. The lowest BCUT2D eigenvalue weighted by Gasteiger charge is -2.29. The molecule has 0 aliphatic rings. The Morgan fingerprint density at radius 1 is 0.389 bits per heavy atom. The molecule has 0 bridgehead atoms. The molecule has 0 unspecified atom stereocenters. The van der Waals surface area contributed by atoms with Crippen LogP contribution in [0.4, 0.5) is 0 Å². The molecule has 0 heterocycles. The van der Waals surface area contributed by atoms with Gasteiger partial charge in [-0.1, -0.05) is 184 Å². The molecule has 4 aromatic rings. The van der Waals surface area contributed by atoms with E-state index < -0.39 is 12.2 Å². The standard InChI is InChI=1S/C13H20O.C12H17ClO.2C11H15ClO/c1-10-6-8-11(9-7-10)12(14-5)13(2,3)4;1-12(2,3)11(14-4)9-5-7-10(13)8-6-9;2*1-11(2,3)10(13)8-4-6-9(12)7-5-8/h6-9,12H,1-5H3;5-8,11H,1-4H3;2*4-7,10,13H,1-3H3/t12-;11-;2*10-/m0110/s1. The zero-order chi connectivity index (χ0) is 41.7. The lowest BCUT2D eigenvalue weighted by molar-refractivity contribution is 0.0152. The van der Waals surface area contributed by atoms with Gasteiger partial charge in [-0.2, -0.15) is 0 Å². The number of rotatable bonds is 6. The van der Waals surface area contributed by atoms with Crippen LogP contribution in [0, 0.1) is 28.6 Å². The van der Waals surface area contributed by atoms with Gasteiger partial charge in [-0.15, -0.1) is 0 Å². The Balaban J connectivity index is 0.000000360. The first-order valence-electron chi connectivity index (χ1n) is 18.5. The first-order valence-corrected chi connectivity index (χ1v) is 19.6. The van der Waals surface area contributed by atoms with Crippen molar-refractivity contribution in [3.63, 3.8) is 0 Å². The third kappa shape index (κ3) is 17.6. The molecule has 0 aromatic heterocycles. The van der Waals surface area contributed by atoms with Crippen LogP contribution in [0.1, 0.15) is 135 Å². The first kappa shape index (κ1) is 49.6. The van der Waals surface area contributed by atoms with E-state index in [4.69, 9.17) is 44.3 Å². The van der Waals surface area contributed by atoms with Crippen molar-refractivity contribution in [2.24, 2.45) is 21.7 Å². The van der Waals surface area contributed by atoms with Gasteiger partial charge in [0.05, 0.1) is 24.4 Å². The second kappa shape index (κ2) is 21.8. The fourth-order valence-corrected chi connectivity index (χ4v) is 6.03. The van der Waals surface area contributed by atoms with Gasteiger partial charge in [-0.3, -0.25) is 0 Å². The second-order valence-corrected chi connectivity index (χ2v) is 19.4. The molecule has 0 fully saturated rings. The van der Waals surface area contributed by atoms with Gasteiger partial charge >= 0.3 is 0 Å². The minimum atomic E-state index is -0.440. The number of hydrogen-bond donors (Lipinski definition) is 2. The molecule has 0 spiro atoms. The quantitative estimate of drug-likeness (QED) is 0.204. The van der Waals surface area contributed by atoms with E-state index in [0.29, 0.717) is 10.0 Å². The number of methoxy groups -OCH3 is 2. The molecule has 4 atom stereocenters. The van der Waals surface area contributed by atoms with Crippen LogP contribution < -0.4 is 0 Å². The third-order valence-corrected chi connectivity index (χ3v) is 9.37. The number of ether oxygens (including phenoxy) is 2. The molecule has 300 valence electrons. The Labute approximate surface area is 343 Å². The molecule has 4 nitrogen and oxygen atoms in total. The highest BCUT2D eigenvalue weighted by molar-refractivity contribution is 6.31. The summed E-state index contributed by atoms with van der Waals surface area (Å²) in [6.45, 7) is 27.2. The number of benzene rings is 4. The van der Waals surface area contributed by atoms with Gasteiger partial charge in [0.15, 0.2) is 0 Å². The van der Waals surface area contributed by atoms with Crippen molar-refractivity contribution in [1.82, 2.24) is 0 Å². The van der Waals surface area contributed by atoms with Gasteiger partial charge in [0.2, 0.25) is 0 Å². The zero-order valence-electron chi connectivity index (χ0n) is 35.4. The van der Waals surface area contributed by atoms with Gasteiger partial charge in [0.1, 0.15) is 0 Å². The highest BCUT2D eigenvalue weighted by atomic mass is 35.5. The van der Waals surface area contributed by atoms with Gasteiger partial charge < -0.3 is 19.7 Å². The molecule has 0 radical (unpaired) electrons. The number of aliphatic hydroxyl groups excluding tert-OH is 2. The molecule has 0 aliphatic heterocycles. The minimum absolute atomic E-state index is 0.0998. The minimum Gasteiger partial charge on any atom is -0.388 e. The van der Waals surface area contributed by atoms with Crippen LogP contribution in [-0.4, -0.2) is 24.4 Å². The fraction of sp³-hybridized carbons (Fsp3) is 0.489. The van der Waals surface area contributed by atoms with Crippen molar-refractivity contribution >= 4 is 34.8 Å². The Kier molecular flexibility index (Phi) is 20.0. The number of aliphatic hydroxyl groups is 2. The molecule has 7 heteroatoms. The lowest BCUT2D eigenvalue weighted by Crippen LogP contribution is -2.19. The average Bonchev–Trinajstić information content (AvgIpc) is 3.06. The molecule has 4 aromatic carbocycles. The van der Waals surface area contributed by atoms with Crippen LogP contribution in [0.5, 0.6) is 0 Å². The van der Waals surface area contributed by atoms with E-state index in [1.54, 1.807) is 38.5 Å².